The molecule has 0 aromatic heterocycles. The number of ether oxygens (including phenoxy) is 1. The quantitative estimate of drug-likeness (QED) is 0.872. The van der Waals surface area contributed by atoms with Gasteiger partial charge < -0.3 is 14.9 Å². The van der Waals surface area contributed by atoms with Crippen LogP contribution in [0.5, 0.6) is 11.5 Å². The Hall–Kier alpha value is -2.00. The Bertz CT molecular complexity index is 530. The van der Waals surface area contributed by atoms with Gasteiger partial charge >= 0.3 is 0 Å². The van der Waals surface area contributed by atoms with Crippen molar-refractivity contribution in [3.05, 3.63) is 59.7 Å². The molecule has 0 radical (unpaired) electrons. The third kappa shape index (κ3) is 2.31. The molecule has 0 saturated carbocycles. The smallest absolute Gasteiger partial charge is 0.119 e. The van der Waals surface area contributed by atoms with Crippen LogP contribution >= 0.6 is 0 Å². The fourth-order valence-corrected chi connectivity index (χ4v) is 1.88. The van der Waals surface area contributed by atoms with Gasteiger partial charge in [0.15, 0.2) is 0 Å². The summed E-state index contributed by atoms with van der Waals surface area (Å²) >= 11 is 0. The van der Waals surface area contributed by atoms with Gasteiger partial charge in [-0.05, 0) is 42.3 Å². The van der Waals surface area contributed by atoms with Crippen LogP contribution in [0.4, 0.5) is 0 Å². The summed E-state index contributed by atoms with van der Waals surface area (Å²) in [4.78, 5) is 0. The Labute approximate surface area is 106 Å². The molecule has 2 aromatic carbocycles. The molecule has 0 aliphatic heterocycles. The maximum absolute atomic E-state index is 10.6. The summed E-state index contributed by atoms with van der Waals surface area (Å²) in [7, 11) is 1.59. The molecular weight excluding hydrogens is 228 g/mol. The van der Waals surface area contributed by atoms with E-state index >= 15 is 0 Å². The summed E-state index contributed by atoms with van der Waals surface area (Å²) in [6.07, 6.45) is 0. The molecule has 0 spiro atoms. The zero-order valence-corrected chi connectivity index (χ0v) is 10.4. The van der Waals surface area contributed by atoms with Crippen LogP contribution in [0.15, 0.2) is 48.5 Å². The number of hydrogen-bond acceptors (Lipinski definition) is 3. The lowest BCUT2D eigenvalue weighted by atomic mass is 9.88. The van der Waals surface area contributed by atoms with Gasteiger partial charge in [-0.25, -0.2) is 0 Å². The van der Waals surface area contributed by atoms with Crippen molar-refractivity contribution in [1.82, 2.24) is 0 Å². The highest BCUT2D eigenvalue weighted by atomic mass is 16.5. The van der Waals surface area contributed by atoms with E-state index in [-0.39, 0.29) is 5.75 Å². The summed E-state index contributed by atoms with van der Waals surface area (Å²) in [6.45, 7) is 1.72. The molecule has 0 fully saturated rings. The lowest BCUT2D eigenvalue weighted by Gasteiger charge is -2.25. The second-order valence-electron chi connectivity index (χ2n) is 4.35. The minimum atomic E-state index is -1.12. The van der Waals surface area contributed by atoms with Crippen molar-refractivity contribution in [2.75, 3.05) is 7.11 Å². The van der Waals surface area contributed by atoms with Gasteiger partial charge in [0.2, 0.25) is 0 Å². The van der Waals surface area contributed by atoms with Gasteiger partial charge in [0, 0.05) is 0 Å². The Morgan fingerprint density at radius 2 is 1.67 bits per heavy atom. The lowest BCUT2D eigenvalue weighted by Crippen LogP contribution is -2.22. The highest BCUT2D eigenvalue weighted by Gasteiger charge is 2.25. The van der Waals surface area contributed by atoms with Crippen molar-refractivity contribution in [1.29, 1.82) is 0 Å². The van der Waals surface area contributed by atoms with Crippen LogP contribution < -0.4 is 4.74 Å². The molecule has 0 heterocycles. The number of methoxy groups -OCH3 is 1. The molecule has 18 heavy (non-hydrogen) atoms. The Kier molecular flexibility index (Phi) is 3.26. The number of aromatic hydroxyl groups is 1. The average molecular weight is 244 g/mol. The number of benzene rings is 2. The Morgan fingerprint density at radius 1 is 1.00 bits per heavy atom. The minimum Gasteiger partial charge on any atom is -0.508 e. The van der Waals surface area contributed by atoms with Crippen LogP contribution in [0.25, 0.3) is 0 Å². The molecule has 1 unspecified atom stereocenters. The molecule has 1 atom stereocenters. The van der Waals surface area contributed by atoms with Crippen molar-refractivity contribution in [3.63, 3.8) is 0 Å². The van der Waals surface area contributed by atoms with E-state index in [4.69, 9.17) is 4.74 Å². The molecule has 0 amide bonds. The average Bonchev–Trinajstić information content (AvgIpc) is 2.39. The van der Waals surface area contributed by atoms with Crippen LogP contribution in [0, 0.1) is 0 Å². The van der Waals surface area contributed by atoms with Crippen molar-refractivity contribution < 1.29 is 14.9 Å². The fourth-order valence-electron chi connectivity index (χ4n) is 1.88. The molecule has 0 bridgehead atoms. The predicted octanol–water partition coefficient (Wildman–Crippen LogP) is 2.66. The number of rotatable bonds is 3. The van der Waals surface area contributed by atoms with E-state index in [2.05, 4.69) is 0 Å². The van der Waals surface area contributed by atoms with Crippen LogP contribution in [0.1, 0.15) is 18.1 Å². The van der Waals surface area contributed by atoms with Crippen molar-refractivity contribution in [2.24, 2.45) is 0 Å². The SMILES string of the molecule is COc1cccc(C(C)(O)c2ccc(O)cc2)c1. The van der Waals surface area contributed by atoms with E-state index in [1.165, 1.54) is 0 Å². The first-order chi connectivity index (χ1) is 8.54. The Balaban J connectivity index is 2.43. The molecule has 3 heteroatoms. The van der Waals surface area contributed by atoms with Gasteiger partial charge in [0.1, 0.15) is 17.1 Å². The van der Waals surface area contributed by atoms with E-state index in [1.807, 2.05) is 18.2 Å². The van der Waals surface area contributed by atoms with Gasteiger partial charge in [0.05, 0.1) is 7.11 Å². The van der Waals surface area contributed by atoms with Crippen LogP contribution in [-0.4, -0.2) is 17.3 Å². The highest BCUT2D eigenvalue weighted by molar-refractivity contribution is 5.40. The van der Waals surface area contributed by atoms with Crippen molar-refractivity contribution >= 4 is 0 Å². The van der Waals surface area contributed by atoms with E-state index < -0.39 is 5.60 Å². The minimum absolute atomic E-state index is 0.181. The van der Waals surface area contributed by atoms with E-state index in [0.717, 1.165) is 5.56 Å². The standard InChI is InChI=1S/C15H16O3/c1-15(17,11-6-8-13(16)9-7-11)12-4-3-5-14(10-12)18-2/h3-10,16-17H,1-2H3. The Morgan fingerprint density at radius 3 is 2.28 bits per heavy atom. The third-order valence-corrected chi connectivity index (χ3v) is 3.06. The lowest BCUT2D eigenvalue weighted by molar-refractivity contribution is 0.102. The molecule has 3 nitrogen and oxygen atoms in total. The molecule has 94 valence electrons. The van der Waals surface area contributed by atoms with E-state index in [9.17, 15) is 10.2 Å². The van der Waals surface area contributed by atoms with E-state index in [1.54, 1.807) is 44.4 Å². The largest absolute Gasteiger partial charge is 0.508 e. The second kappa shape index (κ2) is 4.70. The molecule has 2 N–H and O–H groups in total. The first kappa shape index (κ1) is 12.5. The van der Waals surface area contributed by atoms with Crippen LogP contribution in [0.2, 0.25) is 0 Å². The topological polar surface area (TPSA) is 49.7 Å². The predicted molar refractivity (Wildman–Crippen MR) is 69.8 cm³/mol. The molecule has 2 rings (SSSR count). The zero-order valence-electron chi connectivity index (χ0n) is 10.4. The second-order valence-corrected chi connectivity index (χ2v) is 4.35. The maximum Gasteiger partial charge on any atom is 0.119 e. The van der Waals surface area contributed by atoms with Crippen LogP contribution in [0.3, 0.4) is 0 Å². The van der Waals surface area contributed by atoms with Gasteiger partial charge in [-0.2, -0.15) is 0 Å². The van der Waals surface area contributed by atoms with Gasteiger partial charge in [-0.3, -0.25) is 0 Å². The summed E-state index contributed by atoms with van der Waals surface area (Å²) in [5.41, 5.74) is 0.337. The van der Waals surface area contributed by atoms with Gasteiger partial charge in [0.25, 0.3) is 0 Å². The first-order valence-corrected chi connectivity index (χ1v) is 5.70. The number of phenolic OH excluding ortho intramolecular Hbond substituents is 1. The maximum atomic E-state index is 10.6. The summed E-state index contributed by atoms with van der Waals surface area (Å²) in [6, 6.07) is 13.8. The van der Waals surface area contributed by atoms with Crippen molar-refractivity contribution in [3.8, 4) is 11.5 Å². The normalized spacial score (nSPS) is 13.9. The molecule has 0 aliphatic rings. The molecule has 0 aliphatic carbocycles. The molecule has 0 saturated heterocycles. The van der Waals surface area contributed by atoms with Crippen molar-refractivity contribution in [2.45, 2.75) is 12.5 Å². The number of hydrogen-bond donors (Lipinski definition) is 2. The zero-order chi connectivity index (χ0) is 13.2. The number of phenols is 1. The van der Waals surface area contributed by atoms with E-state index in [0.29, 0.717) is 11.3 Å². The molecule has 2 aromatic rings. The third-order valence-electron chi connectivity index (χ3n) is 3.06. The highest BCUT2D eigenvalue weighted by Crippen LogP contribution is 2.31. The van der Waals surface area contributed by atoms with Gasteiger partial charge in [-0.1, -0.05) is 24.3 Å². The summed E-state index contributed by atoms with van der Waals surface area (Å²) in [5, 5.41) is 19.9. The first-order valence-electron chi connectivity index (χ1n) is 5.70. The molecular formula is C15H16O3. The fraction of sp³-hybridized carbons (Fsp3) is 0.200. The summed E-state index contributed by atoms with van der Waals surface area (Å²) in [5.74, 6) is 0.881. The van der Waals surface area contributed by atoms with Crippen LogP contribution in [-0.2, 0) is 5.60 Å². The number of aliphatic hydroxyl groups is 1. The monoisotopic (exact) mass is 244 g/mol. The summed E-state index contributed by atoms with van der Waals surface area (Å²) < 4.78 is 5.15. The van der Waals surface area contributed by atoms with Gasteiger partial charge in [-0.15, -0.1) is 0 Å².